The van der Waals surface area contributed by atoms with Crippen LogP contribution in [0.1, 0.15) is 46.6 Å². The molecule has 2 aromatic rings. The van der Waals surface area contributed by atoms with Gasteiger partial charge in [0.1, 0.15) is 0 Å². The van der Waals surface area contributed by atoms with Crippen molar-refractivity contribution in [3.8, 4) is 0 Å². The van der Waals surface area contributed by atoms with Crippen molar-refractivity contribution >= 4 is 5.91 Å². The smallest absolute Gasteiger partial charge is 0.257 e. The third-order valence-corrected chi connectivity index (χ3v) is 5.43. The summed E-state index contributed by atoms with van der Waals surface area (Å²) in [6, 6.07) is 10.7. The van der Waals surface area contributed by atoms with Crippen molar-refractivity contribution in [1.29, 1.82) is 0 Å². The van der Waals surface area contributed by atoms with Crippen molar-refractivity contribution < 1.29 is 4.79 Å². The number of carbonyl (C=O) groups is 1. The molecule has 0 bridgehead atoms. The Kier molecular flexibility index (Phi) is 5.77. The van der Waals surface area contributed by atoms with Gasteiger partial charge in [-0.2, -0.15) is 5.10 Å². The highest BCUT2D eigenvalue weighted by molar-refractivity contribution is 5.96. The van der Waals surface area contributed by atoms with E-state index in [1.165, 1.54) is 12.0 Å². The van der Waals surface area contributed by atoms with E-state index >= 15 is 0 Å². The summed E-state index contributed by atoms with van der Waals surface area (Å²) >= 11 is 0. The lowest BCUT2D eigenvalue weighted by Gasteiger charge is -2.28. The van der Waals surface area contributed by atoms with E-state index in [2.05, 4.69) is 36.2 Å². The third-order valence-electron chi connectivity index (χ3n) is 5.43. The number of likely N-dealkylation sites (N-methyl/N-ethyl adjacent to an activating group) is 1. The SMILES string of the molecule is Cc1nn(Cc2ccccc2)c(C)c1C(=O)N1CCCC[C@H](N(C)C)C1. The van der Waals surface area contributed by atoms with Crippen LogP contribution in [0.15, 0.2) is 30.3 Å². The van der Waals surface area contributed by atoms with Crippen molar-refractivity contribution in [2.24, 2.45) is 0 Å². The molecule has 1 saturated heterocycles. The molecule has 1 aliphatic heterocycles. The lowest BCUT2D eigenvalue weighted by atomic mass is 10.1. The first-order valence-corrected chi connectivity index (χ1v) is 9.51. The molecule has 0 N–H and O–H groups in total. The van der Waals surface area contributed by atoms with Crippen LogP contribution in [0.2, 0.25) is 0 Å². The number of nitrogens with zero attached hydrogens (tertiary/aromatic N) is 4. The molecule has 1 atom stereocenters. The maximum Gasteiger partial charge on any atom is 0.257 e. The van der Waals surface area contributed by atoms with Crippen molar-refractivity contribution in [3.05, 3.63) is 52.8 Å². The fourth-order valence-corrected chi connectivity index (χ4v) is 3.80. The van der Waals surface area contributed by atoms with Gasteiger partial charge in [-0.25, -0.2) is 0 Å². The van der Waals surface area contributed by atoms with Crippen molar-refractivity contribution in [2.45, 2.75) is 45.7 Å². The molecule has 5 heteroatoms. The minimum absolute atomic E-state index is 0.132. The van der Waals surface area contributed by atoms with Crippen LogP contribution in [0.3, 0.4) is 0 Å². The third kappa shape index (κ3) is 3.98. The van der Waals surface area contributed by atoms with Crippen LogP contribution >= 0.6 is 0 Å². The molecule has 1 amide bonds. The number of likely N-dealkylation sites (tertiary alicyclic amines) is 1. The van der Waals surface area contributed by atoms with Gasteiger partial charge in [0, 0.05) is 24.8 Å². The molecule has 0 aliphatic carbocycles. The van der Waals surface area contributed by atoms with E-state index in [0.29, 0.717) is 12.6 Å². The molecule has 0 saturated carbocycles. The Hall–Kier alpha value is -2.14. The summed E-state index contributed by atoms with van der Waals surface area (Å²) in [6.07, 6.45) is 3.41. The molecule has 5 nitrogen and oxygen atoms in total. The number of aromatic nitrogens is 2. The van der Waals surface area contributed by atoms with Gasteiger partial charge in [-0.15, -0.1) is 0 Å². The average Bonchev–Trinajstić information content (AvgIpc) is 2.81. The van der Waals surface area contributed by atoms with Crippen LogP contribution in [-0.4, -0.2) is 58.7 Å². The van der Waals surface area contributed by atoms with Gasteiger partial charge >= 0.3 is 0 Å². The maximum absolute atomic E-state index is 13.3. The molecule has 1 aromatic carbocycles. The van der Waals surface area contributed by atoms with Gasteiger partial charge in [0.2, 0.25) is 0 Å². The second-order valence-corrected chi connectivity index (χ2v) is 7.55. The summed E-state index contributed by atoms with van der Waals surface area (Å²) in [5.74, 6) is 0.132. The number of rotatable bonds is 4. The minimum atomic E-state index is 0.132. The first kappa shape index (κ1) is 18.6. The lowest BCUT2D eigenvalue weighted by molar-refractivity contribution is 0.0724. The number of benzene rings is 1. The molecular formula is C21H30N4O. The quantitative estimate of drug-likeness (QED) is 0.847. The number of hydrogen-bond donors (Lipinski definition) is 0. The molecule has 0 spiro atoms. The van der Waals surface area contributed by atoms with Gasteiger partial charge < -0.3 is 9.80 Å². The molecule has 2 heterocycles. The van der Waals surface area contributed by atoms with Crippen molar-refractivity contribution in [2.75, 3.05) is 27.2 Å². The molecule has 1 aliphatic rings. The van der Waals surface area contributed by atoms with Gasteiger partial charge in [0.25, 0.3) is 5.91 Å². The zero-order valence-corrected chi connectivity index (χ0v) is 16.4. The van der Waals surface area contributed by atoms with E-state index in [1.807, 2.05) is 41.6 Å². The summed E-state index contributed by atoms with van der Waals surface area (Å²) in [7, 11) is 4.21. The fraction of sp³-hybridized carbons (Fsp3) is 0.524. The molecule has 1 aromatic heterocycles. The summed E-state index contributed by atoms with van der Waals surface area (Å²) in [5.41, 5.74) is 3.76. The Bertz CT molecular complexity index is 751. The summed E-state index contributed by atoms with van der Waals surface area (Å²) in [4.78, 5) is 17.6. The monoisotopic (exact) mass is 354 g/mol. The van der Waals surface area contributed by atoms with Gasteiger partial charge in [0.15, 0.2) is 0 Å². The van der Waals surface area contributed by atoms with Gasteiger partial charge in [-0.1, -0.05) is 36.8 Å². The van der Waals surface area contributed by atoms with Crippen LogP contribution in [0.25, 0.3) is 0 Å². The van der Waals surface area contributed by atoms with Gasteiger partial charge in [0.05, 0.1) is 17.8 Å². The van der Waals surface area contributed by atoms with Crippen LogP contribution < -0.4 is 0 Å². The van der Waals surface area contributed by atoms with Crippen molar-refractivity contribution in [1.82, 2.24) is 19.6 Å². The van der Waals surface area contributed by atoms with Crippen LogP contribution in [0.4, 0.5) is 0 Å². The molecule has 140 valence electrons. The molecule has 1 fully saturated rings. The van der Waals surface area contributed by atoms with E-state index in [9.17, 15) is 4.79 Å². The van der Waals surface area contributed by atoms with Gasteiger partial charge in [-0.3, -0.25) is 9.48 Å². The highest BCUT2D eigenvalue weighted by Gasteiger charge is 2.28. The lowest BCUT2D eigenvalue weighted by Crippen LogP contribution is -2.42. The Balaban J connectivity index is 1.83. The first-order valence-electron chi connectivity index (χ1n) is 9.51. The molecule has 0 radical (unpaired) electrons. The second-order valence-electron chi connectivity index (χ2n) is 7.55. The highest BCUT2D eigenvalue weighted by atomic mass is 16.2. The molecule has 26 heavy (non-hydrogen) atoms. The standard InChI is InChI=1S/C21H30N4O/c1-16-20(17(2)25(22-16)14-18-10-6-5-7-11-18)21(26)24-13-9-8-12-19(15-24)23(3)4/h5-7,10-11,19H,8-9,12-15H2,1-4H3/t19-/m0/s1. The Morgan fingerprint density at radius 3 is 2.62 bits per heavy atom. The van der Waals surface area contributed by atoms with Crippen LogP contribution in [0, 0.1) is 13.8 Å². The zero-order valence-electron chi connectivity index (χ0n) is 16.4. The van der Waals surface area contributed by atoms with E-state index in [4.69, 9.17) is 0 Å². The van der Waals surface area contributed by atoms with E-state index in [-0.39, 0.29) is 5.91 Å². The van der Waals surface area contributed by atoms with Crippen LogP contribution in [0.5, 0.6) is 0 Å². The number of hydrogen-bond acceptors (Lipinski definition) is 3. The fourth-order valence-electron chi connectivity index (χ4n) is 3.80. The first-order chi connectivity index (χ1) is 12.5. The number of aryl methyl sites for hydroxylation is 1. The molecule has 3 rings (SSSR count). The van der Waals surface area contributed by atoms with E-state index in [1.54, 1.807) is 0 Å². The zero-order chi connectivity index (χ0) is 18.7. The predicted octanol–water partition coefficient (Wildman–Crippen LogP) is 3.10. The van der Waals surface area contributed by atoms with Gasteiger partial charge in [-0.05, 0) is 46.3 Å². The number of amides is 1. The van der Waals surface area contributed by atoms with Crippen LogP contribution in [-0.2, 0) is 6.54 Å². The van der Waals surface area contributed by atoms with E-state index in [0.717, 1.165) is 42.9 Å². The maximum atomic E-state index is 13.3. The topological polar surface area (TPSA) is 41.4 Å². The minimum Gasteiger partial charge on any atom is -0.337 e. The highest BCUT2D eigenvalue weighted by Crippen LogP contribution is 2.21. The Morgan fingerprint density at radius 1 is 1.19 bits per heavy atom. The average molecular weight is 354 g/mol. The summed E-state index contributed by atoms with van der Waals surface area (Å²) in [5, 5.41) is 4.66. The predicted molar refractivity (Wildman–Crippen MR) is 104 cm³/mol. The largest absolute Gasteiger partial charge is 0.337 e. The summed E-state index contributed by atoms with van der Waals surface area (Å²) in [6.45, 7) is 6.29. The number of carbonyl (C=O) groups excluding carboxylic acids is 1. The molecular weight excluding hydrogens is 324 g/mol. The summed E-state index contributed by atoms with van der Waals surface area (Å²) < 4.78 is 1.96. The Labute approximate surface area is 156 Å². The van der Waals surface area contributed by atoms with E-state index < -0.39 is 0 Å². The Morgan fingerprint density at radius 2 is 1.92 bits per heavy atom. The molecule has 0 unspecified atom stereocenters. The normalized spacial score (nSPS) is 18.2. The second kappa shape index (κ2) is 8.04. The van der Waals surface area contributed by atoms with Crippen molar-refractivity contribution in [3.63, 3.8) is 0 Å².